The van der Waals surface area contributed by atoms with E-state index in [0.717, 1.165) is 10.8 Å². The fourth-order valence-electron chi connectivity index (χ4n) is 2.87. The standard InChI is InChI=1S/C19H12ClNO2/c20-14-7-8-15-16(10-14)21-19(23)17(18(15)22)13-6-5-11-3-1-2-4-12(11)9-13/h1-10H,(H2,21,22,23). The van der Waals surface area contributed by atoms with E-state index in [0.29, 0.717) is 21.5 Å². The third-order valence-electron chi connectivity index (χ3n) is 3.99. The van der Waals surface area contributed by atoms with Crippen LogP contribution in [0.5, 0.6) is 5.75 Å². The zero-order valence-electron chi connectivity index (χ0n) is 12.0. The van der Waals surface area contributed by atoms with E-state index < -0.39 is 0 Å². The maximum absolute atomic E-state index is 12.4. The molecule has 0 radical (unpaired) electrons. The lowest BCUT2D eigenvalue weighted by Gasteiger charge is -2.09. The Hall–Kier alpha value is -2.78. The summed E-state index contributed by atoms with van der Waals surface area (Å²) in [6.07, 6.45) is 0. The minimum absolute atomic E-state index is 0.0318. The molecule has 0 aliphatic heterocycles. The van der Waals surface area contributed by atoms with E-state index in [2.05, 4.69) is 4.98 Å². The minimum Gasteiger partial charge on any atom is -0.506 e. The number of rotatable bonds is 1. The van der Waals surface area contributed by atoms with Crippen LogP contribution in [-0.4, -0.2) is 10.1 Å². The molecule has 0 spiro atoms. The highest BCUT2D eigenvalue weighted by Crippen LogP contribution is 2.34. The van der Waals surface area contributed by atoms with Gasteiger partial charge in [0.05, 0.1) is 11.1 Å². The number of fused-ring (bicyclic) bond motifs is 2. The van der Waals surface area contributed by atoms with Crippen LogP contribution in [0.2, 0.25) is 5.02 Å². The fourth-order valence-corrected chi connectivity index (χ4v) is 3.04. The number of aromatic nitrogens is 1. The van der Waals surface area contributed by atoms with Crippen molar-refractivity contribution in [3.05, 3.63) is 76.0 Å². The second kappa shape index (κ2) is 5.14. The second-order valence-corrected chi connectivity index (χ2v) is 5.87. The van der Waals surface area contributed by atoms with Crippen molar-refractivity contribution in [3.63, 3.8) is 0 Å². The van der Waals surface area contributed by atoms with Gasteiger partial charge in [-0.3, -0.25) is 4.79 Å². The lowest BCUT2D eigenvalue weighted by atomic mass is 10.00. The van der Waals surface area contributed by atoms with Gasteiger partial charge in [-0.1, -0.05) is 48.0 Å². The van der Waals surface area contributed by atoms with Gasteiger partial charge in [0, 0.05) is 10.4 Å². The molecule has 3 nitrogen and oxygen atoms in total. The van der Waals surface area contributed by atoms with Crippen LogP contribution in [0.1, 0.15) is 0 Å². The highest BCUT2D eigenvalue weighted by atomic mass is 35.5. The van der Waals surface area contributed by atoms with Gasteiger partial charge < -0.3 is 10.1 Å². The molecule has 4 heteroatoms. The second-order valence-electron chi connectivity index (χ2n) is 5.43. The van der Waals surface area contributed by atoms with Gasteiger partial charge in [0.15, 0.2) is 0 Å². The highest BCUT2D eigenvalue weighted by molar-refractivity contribution is 6.31. The molecule has 23 heavy (non-hydrogen) atoms. The molecule has 3 aromatic carbocycles. The molecule has 0 amide bonds. The Morgan fingerprint density at radius 1 is 0.913 bits per heavy atom. The topological polar surface area (TPSA) is 53.1 Å². The molecule has 0 unspecified atom stereocenters. The first kappa shape index (κ1) is 13.9. The average molecular weight is 322 g/mol. The molecule has 0 fully saturated rings. The Morgan fingerprint density at radius 2 is 1.70 bits per heavy atom. The number of aromatic amines is 1. The van der Waals surface area contributed by atoms with Crippen LogP contribution in [0.15, 0.2) is 65.5 Å². The number of nitrogens with one attached hydrogen (secondary N) is 1. The number of halogens is 1. The van der Waals surface area contributed by atoms with Crippen molar-refractivity contribution in [3.8, 4) is 16.9 Å². The van der Waals surface area contributed by atoms with Crippen LogP contribution in [0.3, 0.4) is 0 Å². The van der Waals surface area contributed by atoms with Gasteiger partial charge in [0.2, 0.25) is 0 Å². The predicted octanol–water partition coefficient (Wildman–Crippen LogP) is 4.71. The molecule has 0 aliphatic rings. The molecule has 4 rings (SSSR count). The van der Waals surface area contributed by atoms with Gasteiger partial charge in [-0.05, 0) is 40.6 Å². The summed E-state index contributed by atoms with van der Waals surface area (Å²) in [5.74, 6) is -0.0318. The highest BCUT2D eigenvalue weighted by Gasteiger charge is 2.14. The SMILES string of the molecule is O=c1[nH]c2cc(Cl)ccc2c(O)c1-c1ccc2ccccc2c1. The minimum atomic E-state index is -0.340. The van der Waals surface area contributed by atoms with Gasteiger partial charge >= 0.3 is 0 Å². The van der Waals surface area contributed by atoms with Crippen LogP contribution < -0.4 is 5.56 Å². The van der Waals surface area contributed by atoms with E-state index >= 15 is 0 Å². The van der Waals surface area contributed by atoms with Crippen LogP contribution >= 0.6 is 11.6 Å². The number of pyridine rings is 1. The van der Waals surface area contributed by atoms with Crippen LogP contribution in [0, 0.1) is 0 Å². The van der Waals surface area contributed by atoms with Crippen molar-refractivity contribution >= 4 is 33.3 Å². The molecule has 0 saturated heterocycles. The van der Waals surface area contributed by atoms with Gasteiger partial charge in [-0.2, -0.15) is 0 Å². The van der Waals surface area contributed by atoms with Gasteiger partial charge in [-0.15, -0.1) is 0 Å². The first-order chi connectivity index (χ1) is 11.1. The molecule has 112 valence electrons. The quantitative estimate of drug-likeness (QED) is 0.533. The summed E-state index contributed by atoms with van der Waals surface area (Å²) >= 11 is 5.94. The molecule has 0 atom stereocenters. The van der Waals surface area contributed by atoms with E-state index in [-0.39, 0.29) is 16.9 Å². The Morgan fingerprint density at radius 3 is 2.52 bits per heavy atom. The summed E-state index contributed by atoms with van der Waals surface area (Å²) in [4.78, 5) is 15.2. The largest absolute Gasteiger partial charge is 0.506 e. The molecular weight excluding hydrogens is 310 g/mol. The third-order valence-corrected chi connectivity index (χ3v) is 4.22. The lowest BCUT2D eigenvalue weighted by Crippen LogP contribution is -2.09. The first-order valence-corrected chi connectivity index (χ1v) is 7.55. The first-order valence-electron chi connectivity index (χ1n) is 7.17. The van der Waals surface area contributed by atoms with Gasteiger partial charge in [0.25, 0.3) is 5.56 Å². The third kappa shape index (κ3) is 2.26. The van der Waals surface area contributed by atoms with E-state index in [1.165, 1.54) is 0 Å². The van der Waals surface area contributed by atoms with E-state index in [1.54, 1.807) is 18.2 Å². The number of hydrogen-bond acceptors (Lipinski definition) is 2. The molecule has 0 bridgehead atoms. The number of H-pyrrole nitrogens is 1. The summed E-state index contributed by atoms with van der Waals surface area (Å²) in [5, 5.41) is 13.8. The zero-order chi connectivity index (χ0) is 16.0. The molecule has 4 aromatic rings. The number of hydrogen-bond donors (Lipinski definition) is 2. The molecule has 0 aliphatic carbocycles. The number of aromatic hydroxyl groups is 1. The predicted molar refractivity (Wildman–Crippen MR) is 94.2 cm³/mol. The summed E-state index contributed by atoms with van der Waals surface area (Å²) < 4.78 is 0. The molecular formula is C19H12ClNO2. The maximum Gasteiger partial charge on any atom is 0.260 e. The Bertz CT molecular complexity index is 1120. The zero-order valence-corrected chi connectivity index (χ0v) is 12.8. The van der Waals surface area contributed by atoms with Crippen LogP contribution in [0.25, 0.3) is 32.8 Å². The maximum atomic E-state index is 12.4. The monoisotopic (exact) mass is 321 g/mol. The van der Waals surface area contributed by atoms with Crippen LogP contribution in [0.4, 0.5) is 0 Å². The lowest BCUT2D eigenvalue weighted by molar-refractivity contribution is 0.482. The Balaban J connectivity index is 2.03. The van der Waals surface area contributed by atoms with E-state index in [1.807, 2.05) is 42.5 Å². The normalized spacial score (nSPS) is 11.2. The van der Waals surface area contributed by atoms with Crippen LogP contribution in [-0.2, 0) is 0 Å². The van der Waals surface area contributed by atoms with Crippen molar-refractivity contribution in [1.29, 1.82) is 0 Å². The molecule has 1 heterocycles. The van der Waals surface area contributed by atoms with Gasteiger partial charge in [-0.25, -0.2) is 0 Å². The fraction of sp³-hybridized carbons (Fsp3) is 0. The molecule has 2 N–H and O–H groups in total. The Kier molecular flexibility index (Phi) is 3.10. The number of benzene rings is 3. The molecule has 0 saturated carbocycles. The Labute approximate surface area is 136 Å². The van der Waals surface area contributed by atoms with E-state index in [4.69, 9.17) is 11.6 Å². The summed E-state index contributed by atoms with van der Waals surface area (Å²) in [6, 6.07) is 18.6. The average Bonchev–Trinajstić information content (AvgIpc) is 2.54. The summed E-state index contributed by atoms with van der Waals surface area (Å²) in [7, 11) is 0. The van der Waals surface area contributed by atoms with E-state index in [9.17, 15) is 9.90 Å². The summed E-state index contributed by atoms with van der Waals surface area (Å²) in [5.41, 5.74) is 1.13. The smallest absolute Gasteiger partial charge is 0.260 e. The molecule has 1 aromatic heterocycles. The van der Waals surface area contributed by atoms with Crippen molar-refractivity contribution < 1.29 is 5.11 Å². The summed E-state index contributed by atoms with van der Waals surface area (Å²) in [6.45, 7) is 0. The van der Waals surface area contributed by atoms with Crippen molar-refractivity contribution in [2.24, 2.45) is 0 Å². The van der Waals surface area contributed by atoms with Crippen molar-refractivity contribution in [2.45, 2.75) is 0 Å². The van der Waals surface area contributed by atoms with Gasteiger partial charge in [0.1, 0.15) is 5.75 Å². The van der Waals surface area contributed by atoms with Crippen molar-refractivity contribution in [1.82, 2.24) is 4.98 Å². The van der Waals surface area contributed by atoms with Crippen molar-refractivity contribution in [2.75, 3.05) is 0 Å².